The van der Waals surface area contributed by atoms with E-state index in [2.05, 4.69) is 26.7 Å². The van der Waals surface area contributed by atoms with Gasteiger partial charge in [0, 0.05) is 0 Å². The number of terminal acetylenes is 1. The van der Waals surface area contributed by atoms with Gasteiger partial charge in [0.25, 0.3) is 0 Å². The van der Waals surface area contributed by atoms with Crippen LogP contribution in [0.5, 0.6) is 0 Å². The Hall–Kier alpha value is -0.150. The van der Waals surface area contributed by atoms with E-state index in [-0.39, 0.29) is 0 Å². The molecule has 0 fully saturated rings. The molecule has 0 aliphatic rings. The molecule has 94 valence electrons. The molecule has 0 N–H and O–H groups in total. The van der Waals surface area contributed by atoms with Crippen LogP contribution in [0.3, 0.4) is 0 Å². The maximum Gasteiger partial charge on any atom is 0.102 e. The van der Waals surface area contributed by atoms with Gasteiger partial charge in [-0.05, 0) is 25.2 Å². The molecule has 0 heterocycles. The van der Waals surface area contributed by atoms with Crippen LogP contribution in [0.1, 0.15) is 66.2 Å². The van der Waals surface area contributed by atoms with Crippen molar-refractivity contribution in [1.82, 2.24) is 0 Å². The summed E-state index contributed by atoms with van der Waals surface area (Å²) in [4.78, 5) is -0.433. The van der Waals surface area contributed by atoms with E-state index in [9.17, 15) is 0 Å². The van der Waals surface area contributed by atoms with Gasteiger partial charge in [0.15, 0.2) is 0 Å². The highest BCUT2D eigenvalue weighted by Gasteiger charge is 2.16. The van der Waals surface area contributed by atoms with Crippen molar-refractivity contribution in [2.75, 3.05) is 0 Å². The fraction of sp³-hybridized carbons (Fsp3) is 0.867. The monoisotopic (exact) mass is 242 g/mol. The van der Waals surface area contributed by atoms with Crippen molar-refractivity contribution < 1.29 is 0 Å². The molecule has 0 saturated carbocycles. The van der Waals surface area contributed by atoms with Gasteiger partial charge in [-0.15, -0.1) is 18.0 Å². The lowest BCUT2D eigenvalue weighted by molar-refractivity contribution is 0.417. The molecule has 0 aromatic heterocycles. The molecule has 0 saturated heterocycles. The van der Waals surface area contributed by atoms with E-state index >= 15 is 0 Å². The van der Waals surface area contributed by atoms with Crippen molar-refractivity contribution in [3.05, 3.63) is 0 Å². The van der Waals surface area contributed by atoms with Gasteiger partial charge < -0.3 is 0 Å². The van der Waals surface area contributed by atoms with Crippen LogP contribution in [0.15, 0.2) is 0 Å². The highest BCUT2D eigenvalue weighted by atomic mass is 35.5. The van der Waals surface area contributed by atoms with E-state index < -0.39 is 4.87 Å². The molecular weight excluding hydrogens is 216 g/mol. The summed E-state index contributed by atoms with van der Waals surface area (Å²) in [6.07, 6.45) is 12.7. The molecule has 0 aromatic rings. The predicted molar refractivity (Wildman–Crippen MR) is 74.8 cm³/mol. The molecule has 0 bridgehead atoms. The second-order valence-electron chi connectivity index (χ2n) is 5.66. The Morgan fingerprint density at radius 2 is 1.69 bits per heavy atom. The van der Waals surface area contributed by atoms with Crippen LogP contribution in [0.25, 0.3) is 0 Å². The van der Waals surface area contributed by atoms with Gasteiger partial charge in [-0.25, -0.2) is 0 Å². The summed E-state index contributed by atoms with van der Waals surface area (Å²) in [7, 11) is 0. The van der Waals surface area contributed by atoms with Gasteiger partial charge in [0.05, 0.1) is 0 Å². The summed E-state index contributed by atoms with van der Waals surface area (Å²) in [5, 5.41) is 0. The third kappa shape index (κ3) is 9.10. The molecule has 0 spiro atoms. The lowest BCUT2D eigenvalue weighted by Gasteiger charge is -2.16. The summed E-state index contributed by atoms with van der Waals surface area (Å²) < 4.78 is 0. The fourth-order valence-electron chi connectivity index (χ4n) is 1.87. The third-order valence-electron chi connectivity index (χ3n) is 3.12. The van der Waals surface area contributed by atoms with Gasteiger partial charge >= 0.3 is 0 Å². The Labute approximate surface area is 107 Å². The Kier molecular flexibility index (Phi) is 7.94. The van der Waals surface area contributed by atoms with E-state index in [1.54, 1.807) is 0 Å². The summed E-state index contributed by atoms with van der Waals surface area (Å²) in [5.41, 5.74) is 0. The summed E-state index contributed by atoms with van der Waals surface area (Å²) >= 11 is 6.11. The van der Waals surface area contributed by atoms with E-state index in [1.165, 1.54) is 25.7 Å². The Bertz CT molecular complexity index is 210. The zero-order valence-corrected chi connectivity index (χ0v) is 12.1. The number of rotatable bonds is 8. The third-order valence-corrected chi connectivity index (χ3v) is 3.42. The van der Waals surface area contributed by atoms with Crippen LogP contribution in [0, 0.1) is 24.2 Å². The maximum atomic E-state index is 6.11. The average Bonchev–Trinajstić information content (AvgIpc) is 2.17. The van der Waals surface area contributed by atoms with Gasteiger partial charge in [0.1, 0.15) is 4.87 Å². The second kappa shape index (κ2) is 8.02. The first-order valence-electron chi connectivity index (χ1n) is 6.54. The Balaban J connectivity index is 3.52. The predicted octanol–water partition coefficient (Wildman–Crippen LogP) is 5.25. The van der Waals surface area contributed by atoms with Gasteiger partial charge in [-0.3, -0.25) is 0 Å². The van der Waals surface area contributed by atoms with Crippen molar-refractivity contribution in [2.24, 2.45) is 11.8 Å². The largest absolute Gasteiger partial charge is 0.118 e. The van der Waals surface area contributed by atoms with E-state index in [0.717, 1.165) is 24.7 Å². The molecule has 0 rings (SSSR count). The molecule has 2 unspecified atom stereocenters. The fourth-order valence-corrected chi connectivity index (χ4v) is 2.01. The summed E-state index contributed by atoms with van der Waals surface area (Å²) in [6, 6.07) is 0. The molecule has 0 aliphatic carbocycles. The van der Waals surface area contributed by atoms with Crippen LogP contribution in [-0.2, 0) is 0 Å². The first kappa shape index (κ1) is 15.9. The van der Waals surface area contributed by atoms with Crippen molar-refractivity contribution in [1.29, 1.82) is 0 Å². The average molecular weight is 243 g/mol. The standard InChI is InChI=1S/C15H27Cl/c1-6-15(5,16)12-8-11-14(4)10-7-9-13(2)3/h1,13-14H,7-12H2,2-5H3. The Morgan fingerprint density at radius 1 is 1.12 bits per heavy atom. The molecular formula is C15H27Cl. The number of halogens is 1. The first-order valence-corrected chi connectivity index (χ1v) is 6.92. The van der Waals surface area contributed by atoms with Crippen LogP contribution in [-0.4, -0.2) is 4.87 Å². The van der Waals surface area contributed by atoms with Crippen LogP contribution in [0.2, 0.25) is 0 Å². The van der Waals surface area contributed by atoms with Crippen molar-refractivity contribution >= 4 is 11.6 Å². The maximum absolute atomic E-state index is 6.11. The number of hydrogen-bond acceptors (Lipinski definition) is 0. The van der Waals surface area contributed by atoms with Crippen LogP contribution >= 0.6 is 11.6 Å². The Morgan fingerprint density at radius 3 is 2.19 bits per heavy atom. The molecule has 0 amide bonds. The van der Waals surface area contributed by atoms with Crippen molar-refractivity contribution in [3.63, 3.8) is 0 Å². The summed E-state index contributed by atoms with van der Waals surface area (Å²) in [5.74, 6) is 4.28. The highest BCUT2D eigenvalue weighted by molar-refractivity contribution is 6.25. The normalized spacial score (nSPS) is 16.8. The molecule has 16 heavy (non-hydrogen) atoms. The van der Waals surface area contributed by atoms with E-state index in [1.807, 2.05) is 6.92 Å². The van der Waals surface area contributed by atoms with Crippen molar-refractivity contribution in [2.45, 2.75) is 71.1 Å². The minimum absolute atomic E-state index is 0.433. The molecule has 0 aliphatic heterocycles. The van der Waals surface area contributed by atoms with Crippen LogP contribution < -0.4 is 0 Å². The van der Waals surface area contributed by atoms with Gasteiger partial charge in [0.2, 0.25) is 0 Å². The zero-order valence-electron chi connectivity index (χ0n) is 11.4. The van der Waals surface area contributed by atoms with Gasteiger partial charge in [-0.1, -0.05) is 58.8 Å². The summed E-state index contributed by atoms with van der Waals surface area (Å²) in [6.45, 7) is 8.84. The van der Waals surface area contributed by atoms with Gasteiger partial charge in [-0.2, -0.15) is 0 Å². The van der Waals surface area contributed by atoms with Crippen LogP contribution in [0.4, 0.5) is 0 Å². The topological polar surface area (TPSA) is 0 Å². The SMILES string of the molecule is C#CC(C)(Cl)CCCC(C)CCCC(C)C. The second-order valence-corrected chi connectivity index (χ2v) is 6.50. The first-order chi connectivity index (χ1) is 7.37. The quantitative estimate of drug-likeness (QED) is 0.403. The zero-order chi connectivity index (χ0) is 12.6. The lowest BCUT2D eigenvalue weighted by atomic mass is 9.93. The molecule has 1 heteroatoms. The van der Waals surface area contributed by atoms with E-state index in [4.69, 9.17) is 18.0 Å². The molecule has 0 aromatic carbocycles. The van der Waals surface area contributed by atoms with E-state index in [0.29, 0.717) is 0 Å². The van der Waals surface area contributed by atoms with Crippen molar-refractivity contribution in [3.8, 4) is 12.3 Å². The molecule has 0 nitrogen and oxygen atoms in total. The molecule has 0 radical (unpaired) electrons. The minimum Gasteiger partial charge on any atom is -0.118 e. The molecule has 2 atom stereocenters. The lowest BCUT2D eigenvalue weighted by Crippen LogP contribution is -2.13. The highest BCUT2D eigenvalue weighted by Crippen LogP contribution is 2.24. The number of hydrogen-bond donors (Lipinski definition) is 0. The number of alkyl halides is 1. The smallest absolute Gasteiger partial charge is 0.102 e. The minimum atomic E-state index is -0.433.